The Bertz CT molecular complexity index is 1300. The van der Waals surface area contributed by atoms with Gasteiger partial charge in [-0.3, -0.25) is 9.48 Å². The molecule has 8 nitrogen and oxygen atoms in total. The van der Waals surface area contributed by atoms with Gasteiger partial charge in [0.2, 0.25) is 10.0 Å². The molecule has 0 atom stereocenters. The lowest BCUT2D eigenvalue weighted by Gasteiger charge is -2.16. The van der Waals surface area contributed by atoms with Crippen LogP contribution < -0.4 is 4.72 Å². The van der Waals surface area contributed by atoms with Gasteiger partial charge < -0.3 is 9.32 Å². The van der Waals surface area contributed by atoms with Crippen LogP contribution in [0.2, 0.25) is 0 Å². The van der Waals surface area contributed by atoms with Gasteiger partial charge in [0.15, 0.2) is 0 Å². The van der Waals surface area contributed by atoms with Crippen LogP contribution in [0.4, 0.5) is 0 Å². The van der Waals surface area contributed by atoms with E-state index in [-0.39, 0.29) is 17.3 Å². The number of sulfonamides is 1. The third kappa shape index (κ3) is 5.76. The first kappa shape index (κ1) is 22.5. The summed E-state index contributed by atoms with van der Waals surface area (Å²) < 4.78 is 34.4. The van der Waals surface area contributed by atoms with Gasteiger partial charge in [-0.25, -0.2) is 13.1 Å². The molecule has 0 aliphatic carbocycles. The summed E-state index contributed by atoms with van der Waals surface area (Å²) in [6.07, 6.45) is 5.14. The van der Waals surface area contributed by atoms with Gasteiger partial charge in [0.05, 0.1) is 30.4 Å². The quantitative estimate of drug-likeness (QED) is 0.410. The van der Waals surface area contributed by atoms with E-state index in [0.717, 1.165) is 11.1 Å². The summed E-state index contributed by atoms with van der Waals surface area (Å²) in [5.41, 5.74) is 2.45. The zero-order valence-electron chi connectivity index (χ0n) is 18.1. The smallest absolute Gasteiger partial charge is 0.253 e. The summed E-state index contributed by atoms with van der Waals surface area (Å²) in [6, 6.07) is 19.2. The molecule has 2 heterocycles. The zero-order chi connectivity index (χ0) is 23.3. The first-order valence-corrected chi connectivity index (χ1v) is 11.8. The summed E-state index contributed by atoms with van der Waals surface area (Å²) in [4.78, 5) is 14.5. The minimum Gasteiger partial charge on any atom is -0.468 e. The van der Waals surface area contributed by atoms with Gasteiger partial charge in [0, 0.05) is 30.9 Å². The van der Waals surface area contributed by atoms with E-state index in [1.165, 1.54) is 30.5 Å². The molecule has 0 aliphatic rings. The highest BCUT2D eigenvalue weighted by molar-refractivity contribution is 7.89. The van der Waals surface area contributed by atoms with Crippen LogP contribution in [0.5, 0.6) is 0 Å². The highest BCUT2D eigenvalue weighted by Gasteiger charge is 2.17. The molecule has 2 aromatic heterocycles. The monoisotopic (exact) mass is 464 g/mol. The lowest BCUT2D eigenvalue weighted by Crippen LogP contribution is -2.26. The minimum absolute atomic E-state index is 0.0523. The van der Waals surface area contributed by atoms with E-state index in [4.69, 9.17) is 4.42 Å². The summed E-state index contributed by atoms with van der Waals surface area (Å²) >= 11 is 0. The molecule has 2 aromatic carbocycles. The van der Waals surface area contributed by atoms with Gasteiger partial charge in [-0.05, 0) is 42.0 Å². The predicted octanol–water partition coefficient (Wildman–Crippen LogP) is 3.28. The molecule has 0 fully saturated rings. The molecule has 0 bridgehead atoms. The Kier molecular flexibility index (Phi) is 6.71. The molecule has 9 heteroatoms. The van der Waals surface area contributed by atoms with Crippen molar-refractivity contribution < 1.29 is 17.6 Å². The standard InChI is InChI=1S/C24H24N4O4S/c1-27(16-20-14-25-28(18-20)17-19-6-3-2-4-7-19)24(29)21-9-11-23(12-10-21)33(30,31)26-15-22-8-5-13-32-22/h2-14,18,26H,15-17H2,1H3. The van der Waals surface area contributed by atoms with Gasteiger partial charge in [-0.15, -0.1) is 0 Å². The van der Waals surface area contributed by atoms with Crippen LogP contribution in [0.15, 0.2) is 94.7 Å². The molecule has 0 spiro atoms. The maximum Gasteiger partial charge on any atom is 0.253 e. The summed E-state index contributed by atoms with van der Waals surface area (Å²) in [5, 5.41) is 4.37. The number of rotatable bonds is 9. The highest BCUT2D eigenvalue weighted by Crippen LogP contribution is 2.14. The number of amides is 1. The second-order valence-corrected chi connectivity index (χ2v) is 9.39. The van der Waals surface area contributed by atoms with E-state index in [2.05, 4.69) is 9.82 Å². The number of nitrogens with one attached hydrogen (secondary N) is 1. The van der Waals surface area contributed by atoms with E-state index in [1.807, 2.05) is 41.2 Å². The summed E-state index contributed by atoms with van der Waals surface area (Å²) in [6.45, 7) is 1.09. The van der Waals surface area contributed by atoms with Crippen LogP contribution in [0.3, 0.4) is 0 Å². The lowest BCUT2D eigenvalue weighted by atomic mass is 10.2. The van der Waals surface area contributed by atoms with Gasteiger partial charge in [0.25, 0.3) is 5.91 Å². The van der Waals surface area contributed by atoms with Crippen LogP contribution in [-0.2, 0) is 29.7 Å². The van der Waals surface area contributed by atoms with E-state index in [0.29, 0.717) is 24.4 Å². The second kappa shape index (κ2) is 9.85. The van der Waals surface area contributed by atoms with E-state index in [1.54, 1.807) is 30.3 Å². The average molecular weight is 465 g/mol. The van der Waals surface area contributed by atoms with Gasteiger partial charge in [-0.1, -0.05) is 30.3 Å². The Morgan fingerprint density at radius 3 is 2.48 bits per heavy atom. The number of hydrogen-bond acceptors (Lipinski definition) is 5. The van der Waals surface area contributed by atoms with Crippen LogP contribution in [0, 0.1) is 0 Å². The number of hydrogen-bond donors (Lipinski definition) is 1. The van der Waals surface area contributed by atoms with Crippen molar-refractivity contribution in [2.24, 2.45) is 0 Å². The third-order valence-corrected chi connectivity index (χ3v) is 6.49. The van der Waals surface area contributed by atoms with Crippen LogP contribution in [0.1, 0.15) is 27.2 Å². The molecule has 33 heavy (non-hydrogen) atoms. The van der Waals surface area contributed by atoms with Crippen molar-refractivity contribution >= 4 is 15.9 Å². The Balaban J connectivity index is 1.36. The molecule has 1 N–H and O–H groups in total. The zero-order valence-corrected chi connectivity index (χ0v) is 18.9. The van der Waals surface area contributed by atoms with Crippen molar-refractivity contribution in [2.45, 2.75) is 24.5 Å². The fourth-order valence-corrected chi connectivity index (χ4v) is 4.34. The highest BCUT2D eigenvalue weighted by atomic mass is 32.2. The second-order valence-electron chi connectivity index (χ2n) is 7.62. The molecule has 0 unspecified atom stereocenters. The largest absolute Gasteiger partial charge is 0.468 e. The Hall–Kier alpha value is -3.69. The molecule has 0 aliphatic heterocycles. The van der Waals surface area contributed by atoms with Gasteiger partial charge >= 0.3 is 0 Å². The van der Waals surface area contributed by atoms with Gasteiger partial charge in [-0.2, -0.15) is 5.10 Å². The normalized spacial score (nSPS) is 11.4. The molecule has 4 rings (SSSR count). The molecule has 4 aromatic rings. The number of carbonyl (C=O) groups excluding carboxylic acids is 1. The SMILES string of the molecule is CN(Cc1cnn(Cc2ccccc2)c1)C(=O)c1ccc(S(=O)(=O)NCc2ccco2)cc1. The Morgan fingerprint density at radius 2 is 1.79 bits per heavy atom. The first-order valence-electron chi connectivity index (χ1n) is 10.3. The molecule has 0 saturated heterocycles. The number of nitrogens with zero attached hydrogens (tertiary/aromatic N) is 3. The van der Waals surface area contributed by atoms with E-state index < -0.39 is 10.0 Å². The molecular formula is C24H24N4O4S. The van der Waals surface area contributed by atoms with E-state index in [9.17, 15) is 13.2 Å². The Morgan fingerprint density at radius 1 is 1.03 bits per heavy atom. The fourth-order valence-electron chi connectivity index (χ4n) is 3.35. The number of furan rings is 1. The third-order valence-electron chi connectivity index (χ3n) is 5.07. The van der Waals surface area contributed by atoms with Crippen LogP contribution in [-0.4, -0.2) is 36.1 Å². The van der Waals surface area contributed by atoms with Crippen molar-refractivity contribution in [2.75, 3.05) is 7.05 Å². The molecule has 0 radical (unpaired) electrons. The lowest BCUT2D eigenvalue weighted by molar-refractivity contribution is 0.0785. The molecule has 1 amide bonds. The molecule has 170 valence electrons. The molecular weight excluding hydrogens is 440 g/mol. The average Bonchev–Trinajstić information content (AvgIpc) is 3.50. The van der Waals surface area contributed by atoms with Crippen molar-refractivity contribution in [3.63, 3.8) is 0 Å². The maximum atomic E-state index is 12.8. The fraction of sp³-hybridized carbons (Fsp3) is 0.167. The van der Waals surface area contributed by atoms with Crippen LogP contribution >= 0.6 is 0 Å². The molecule has 0 saturated carbocycles. The number of benzene rings is 2. The summed E-state index contributed by atoms with van der Waals surface area (Å²) in [5.74, 6) is 0.303. The van der Waals surface area contributed by atoms with Gasteiger partial charge in [0.1, 0.15) is 5.76 Å². The number of carbonyl (C=O) groups is 1. The van der Waals surface area contributed by atoms with Crippen molar-refractivity contribution in [1.29, 1.82) is 0 Å². The Labute approximate surface area is 192 Å². The van der Waals surface area contributed by atoms with Crippen molar-refractivity contribution in [3.8, 4) is 0 Å². The van der Waals surface area contributed by atoms with Crippen molar-refractivity contribution in [3.05, 3.63) is 108 Å². The van der Waals surface area contributed by atoms with E-state index >= 15 is 0 Å². The summed E-state index contributed by atoms with van der Waals surface area (Å²) in [7, 11) is -2.02. The van der Waals surface area contributed by atoms with Crippen LogP contribution in [0.25, 0.3) is 0 Å². The van der Waals surface area contributed by atoms with Crippen molar-refractivity contribution in [1.82, 2.24) is 19.4 Å². The predicted molar refractivity (Wildman–Crippen MR) is 123 cm³/mol. The maximum absolute atomic E-state index is 12.8. The minimum atomic E-state index is -3.72. The number of aromatic nitrogens is 2. The topological polar surface area (TPSA) is 97.4 Å². The first-order chi connectivity index (χ1) is 15.9.